The molecule has 9 unspecified atom stereocenters. The Bertz CT molecular complexity index is 1010. The number of unbranched alkanes of at least 4 members (excludes halogenated alkanes) is 18. The van der Waals surface area contributed by atoms with Gasteiger partial charge in [-0.15, -0.1) is 0 Å². The highest BCUT2D eigenvalue weighted by molar-refractivity contribution is 5.80. The fraction of sp³-hybridized carbons (Fsp3) is 0.844. The van der Waals surface area contributed by atoms with Crippen LogP contribution in [-0.4, -0.2) is 110 Å². The van der Waals surface area contributed by atoms with Gasteiger partial charge in [-0.3, -0.25) is 4.79 Å². The van der Waals surface area contributed by atoms with E-state index in [0.29, 0.717) is 19.3 Å². The van der Waals surface area contributed by atoms with Gasteiger partial charge in [0, 0.05) is 0 Å². The van der Waals surface area contributed by atoms with Crippen LogP contribution in [0.3, 0.4) is 0 Å². The first-order valence-electron chi connectivity index (χ1n) is 22.4. The molecule has 56 heavy (non-hydrogen) atoms. The molecule has 0 bridgehead atoms. The number of hydrogen-bond donors (Lipinski definition) is 8. The fourth-order valence-corrected chi connectivity index (χ4v) is 6.93. The van der Waals surface area contributed by atoms with Gasteiger partial charge in [-0.1, -0.05) is 140 Å². The Kier molecular flexibility index (Phi) is 33.0. The average Bonchev–Trinajstić information content (AvgIpc) is 3.20. The van der Waals surface area contributed by atoms with Crippen LogP contribution < -0.4 is 5.32 Å². The van der Waals surface area contributed by atoms with Crippen molar-refractivity contribution in [1.82, 2.24) is 5.32 Å². The number of allylic oxidation sites excluding steroid dienone is 6. The summed E-state index contributed by atoms with van der Waals surface area (Å²) < 4.78 is 11.0. The van der Waals surface area contributed by atoms with Crippen LogP contribution in [0, 0.1) is 0 Å². The van der Waals surface area contributed by atoms with Crippen LogP contribution in [0.2, 0.25) is 0 Å². The largest absolute Gasteiger partial charge is 0.394 e. The van der Waals surface area contributed by atoms with Gasteiger partial charge in [0.1, 0.15) is 36.6 Å². The number of aliphatic hydroxyl groups is 7. The van der Waals surface area contributed by atoms with Gasteiger partial charge in [0.05, 0.1) is 25.4 Å². The monoisotopic (exact) mass is 798 g/mol. The molecule has 9 atom stereocenters. The topological polar surface area (TPSA) is 189 Å². The molecule has 1 saturated heterocycles. The molecule has 1 heterocycles. The Morgan fingerprint density at radius 3 is 1.68 bits per heavy atom. The highest BCUT2D eigenvalue weighted by Gasteiger charge is 2.44. The van der Waals surface area contributed by atoms with Crippen molar-refractivity contribution in [2.45, 2.75) is 229 Å². The summed E-state index contributed by atoms with van der Waals surface area (Å²) in [5.41, 5.74) is 0. The lowest BCUT2D eigenvalue weighted by Gasteiger charge is -2.40. The van der Waals surface area contributed by atoms with Crippen LogP contribution in [0.1, 0.15) is 174 Å². The molecule has 11 heteroatoms. The highest BCUT2D eigenvalue weighted by Crippen LogP contribution is 2.23. The van der Waals surface area contributed by atoms with Gasteiger partial charge in [0.15, 0.2) is 6.29 Å². The third-order valence-electron chi connectivity index (χ3n) is 10.7. The van der Waals surface area contributed by atoms with Gasteiger partial charge >= 0.3 is 0 Å². The Morgan fingerprint density at radius 2 is 1.12 bits per heavy atom. The summed E-state index contributed by atoms with van der Waals surface area (Å²) in [5.74, 6) is -0.719. The standard InChI is InChI=1S/C45H83NO10/c1-3-5-7-9-11-13-14-15-16-17-18-19-20-21-22-23-25-27-29-31-33-38(49)44(54)46-36(35-55-45-43(53)42(52)41(51)39(34-47)56-45)40(50)37(48)32-30-28-26-24-12-10-8-6-4-2/h6,8,19-20,24,26,36-43,45,47-53H,3-5,7,9-18,21-23,25,27-35H2,1-2H3,(H,46,54)/b8-6+,20-19-,26-24+. The summed E-state index contributed by atoms with van der Waals surface area (Å²) in [5, 5.41) is 75.3. The van der Waals surface area contributed by atoms with Gasteiger partial charge in [-0.2, -0.15) is 0 Å². The molecule has 0 radical (unpaired) electrons. The Hall–Kier alpha value is -1.67. The molecule has 1 fully saturated rings. The normalized spacial score (nSPS) is 22.6. The molecule has 1 aliphatic heterocycles. The molecule has 0 aliphatic carbocycles. The summed E-state index contributed by atoms with van der Waals surface area (Å²) in [6, 6.07) is -1.19. The van der Waals surface area contributed by atoms with Crippen molar-refractivity contribution >= 4 is 5.91 Å². The second-order valence-corrected chi connectivity index (χ2v) is 15.7. The minimum Gasteiger partial charge on any atom is -0.394 e. The molecule has 328 valence electrons. The Morgan fingerprint density at radius 1 is 0.625 bits per heavy atom. The van der Waals surface area contributed by atoms with E-state index in [-0.39, 0.29) is 12.8 Å². The Labute approximate surface area is 339 Å². The summed E-state index contributed by atoms with van der Waals surface area (Å²) >= 11 is 0. The van der Waals surface area contributed by atoms with Crippen molar-refractivity contribution < 1.29 is 50.0 Å². The van der Waals surface area contributed by atoms with E-state index in [0.717, 1.165) is 57.8 Å². The maximum atomic E-state index is 13.0. The van der Waals surface area contributed by atoms with E-state index in [1.54, 1.807) is 0 Å². The quantitative estimate of drug-likeness (QED) is 0.0247. The molecular formula is C45H83NO10. The van der Waals surface area contributed by atoms with Crippen molar-refractivity contribution in [3.05, 3.63) is 36.5 Å². The van der Waals surface area contributed by atoms with Crippen molar-refractivity contribution in [2.24, 2.45) is 0 Å². The van der Waals surface area contributed by atoms with E-state index in [4.69, 9.17) is 9.47 Å². The number of nitrogens with one attached hydrogen (secondary N) is 1. The fourth-order valence-electron chi connectivity index (χ4n) is 6.93. The van der Waals surface area contributed by atoms with E-state index in [2.05, 4.69) is 49.5 Å². The van der Waals surface area contributed by atoms with E-state index in [1.807, 2.05) is 6.08 Å². The van der Waals surface area contributed by atoms with Crippen LogP contribution in [0.5, 0.6) is 0 Å². The molecular weight excluding hydrogens is 714 g/mol. The van der Waals surface area contributed by atoms with Crippen molar-refractivity contribution in [1.29, 1.82) is 0 Å². The summed E-state index contributed by atoms with van der Waals surface area (Å²) in [6.07, 6.45) is 28.0. The number of carbonyl (C=O) groups is 1. The zero-order valence-corrected chi connectivity index (χ0v) is 35.1. The third-order valence-corrected chi connectivity index (χ3v) is 10.7. The molecule has 0 aromatic carbocycles. The van der Waals surface area contributed by atoms with Gasteiger partial charge < -0.3 is 50.5 Å². The lowest BCUT2D eigenvalue weighted by Crippen LogP contribution is -2.60. The number of rotatable bonds is 36. The smallest absolute Gasteiger partial charge is 0.249 e. The van der Waals surface area contributed by atoms with Gasteiger partial charge in [-0.05, 0) is 70.6 Å². The minimum atomic E-state index is -1.67. The zero-order chi connectivity index (χ0) is 41.2. The molecule has 0 saturated carbocycles. The maximum Gasteiger partial charge on any atom is 0.249 e. The van der Waals surface area contributed by atoms with Gasteiger partial charge in [0.25, 0.3) is 0 Å². The molecule has 0 spiro atoms. The predicted octanol–water partition coefficient (Wildman–Crippen LogP) is 6.83. The summed E-state index contributed by atoms with van der Waals surface area (Å²) in [7, 11) is 0. The summed E-state index contributed by atoms with van der Waals surface area (Å²) in [6.45, 7) is 3.27. The number of ether oxygens (including phenoxy) is 2. The lowest BCUT2D eigenvalue weighted by molar-refractivity contribution is -0.303. The van der Waals surface area contributed by atoms with E-state index in [1.165, 1.54) is 70.6 Å². The Balaban J connectivity index is 2.42. The lowest BCUT2D eigenvalue weighted by atomic mass is 9.98. The zero-order valence-electron chi connectivity index (χ0n) is 35.1. The number of hydrogen-bond acceptors (Lipinski definition) is 10. The minimum absolute atomic E-state index is 0.242. The van der Waals surface area contributed by atoms with Gasteiger partial charge in [0.2, 0.25) is 5.91 Å². The van der Waals surface area contributed by atoms with E-state index < -0.39 is 74.2 Å². The number of aliphatic hydroxyl groups excluding tert-OH is 7. The SMILES string of the molecule is CC/C=C/CC/C=C/CCCC(O)C(O)C(COC1OC(CO)C(O)C(O)C1O)NC(=O)C(O)CCCCCCCC/C=C\CCCCCCCCCCCC. The second-order valence-electron chi connectivity index (χ2n) is 15.7. The third kappa shape index (κ3) is 25.0. The van der Waals surface area contributed by atoms with Crippen LogP contribution in [0.25, 0.3) is 0 Å². The predicted molar refractivity (Wildman–Crippen MR) is 224 cm³/mol. The molecule has 0 aromatic rings. The molecule has 1 aliphatic rings. The molecule has 1 rings (SSSR count). The van der Waals surface area contributed by atoms with Crippen molar-refractivity contribution in [3.8, 4) is 0 Å². The van der Waals surface area contributed by atoms with Crippen LogP contribution in [0.4, 0.5) is 0 Å². The number of amides is 1. The first-order valence-corrected chi connectivity index (χ1v) is 22.4. The summed E-state index contributed by atoms with van der Waals surface area (Å²) in [4.78, 5) is 13.0. The van der Waals surface area contributed by atoms with Crippen molar-refractivity contribution in [2.75, 3.05) is 13.2 Å². The van der Waals surface area contributed by atoms with Crippen LogP contribution >= 0.6 is 0 Å². The number of carbonyl (C=O) groups excluding carboxylic acids is 1. The average molecular weight is 798 g/mol. The van der Waals surface area contributed by atoms with Crippen molar-refractivity contribution in [3.63, 3.8) is 0 Å². The molecule has 1 amide bonds. The van der Waals surface area contributed by atoms with E-state index in [9.17, 15) is 40.5 Å². The first kappa shape index (κ1) is 52.3. The first-order chi connectivity index (χ1) is 27.2. The maximum absolute atomic E-state index is 13.0. The second kappa shape index (κ2) is 35.3. The van der Waals surface area contributed by atoms with Crippen LogP contribution in [-0.2, 0) is 14.3 Å². The van der Waals surface area contributed by atoms with Crippen LogP contribution in [0.15, 0.2) is 36.5 Å². The molecule has 11 nitrogen and oxygen atoms in total. The van der Waals surface area contributed by atoms with Gasteiger partial charge in [-0.25, -0.2) is 0 Å². The highest BCUT2D eigenvalue weighted by atomic mass is 16.7. The van der Waals surface area contributed by atoms with E-state index >= 15 is 0 Å². The molecule has 8 N–H and O–H groups in total. The molecule has 0 aromatic heterocycles.